The first kappa shape index (κ1) is 15.5. The lowest BCUT2D eigenvalue weighted by Crippen LogP contribution is -2.37. The molecule has 0 bridgehead atoms. The lowest BCUT2D eigenvalue weighted by molar-refractivity contribution is 0.313. The number of halogens is 1. The van der Waals surface area contributed by atoms with E-state index in [4.69, 9.17) is 23.8 Å². The van der Waals surface area contributed by atoms with E-state index in [9.17, 15) is 8.42 Å². The number of hydrogen-bond donors (Lipinski definition) is 1. The van der Waals surface area contributed by atoms with Gasteiger partial charge in [-0.15, -0.1) is 0 Å². The fraction of sp³-hybridized carbons (Fsp3) is 0.462. The second kappa shape index (κ2) is 6.27. The first-order valence-corrected chi connectivity index (χ1v) is 8.85. The topological polar surface area (TPSA) is 53.2 Å². The SMILES string of the molecule is CS(=O)(=O)N1CCC(C#Cc2[nH]ccc(=S)c2Cl)CC1. The Hall–Kier alpha value is -0.870. The predicted octanol–water partition coefficient (Wildman–Crippen LogP) is 2.42. The van der Waals surface area contributed by atoms with Crippen LogP contribution in [0.1, 0.15) is 18.5 Å². The van der Waals surface area contributed by atoms with Gasteiger partial charge in [0.15, 0.2) is 0 Å². The molecule has 1 N–H and O–H groups in total. The van der Waals surface area contributed by atoms with E-state index >= 15 is 0 Å². The summed E-state index contributed by atoms with van der Waals surface area (Å²) in [7, 11) is -3.08. The van der Waals surface area contributed by atoms with Crippen molar-refractivity contribution in [2.45, 2.75) is 12.8 Å². The normalized spacial score (nSPS) is 17.5. The van der Waals surface area contributed by atoms with E-state index in [1.54, 1.807) is 12.3 Å². The van der Waals surface area contributed by atoms with Gasteiger partial charge >= 0.3 is 0 Å². The van der Waals surface area contributed by atoms with Crippen molar-refractivity contribution in [1.82, 2.24) is 9.29 Å². The molecule has 0 aliphatic carbocycles. The number of nitrogens with zero attached hydrogens (tertiary/aromatic N) is 1. The van der Waals surface area contributed by atoms with Crippen LogP contribution in [0.4, 0.5) is 0 Å². The Kier molecular flexibility index (Phi) is 4.86. The highest BCUT2D eigenvalue weighted by Crippen LogP contribution is 2.19. The number of hydrogen-bond acceptors (Lipinski definition) is 3. The average Bonchev–Trinajstić information content (AvgIpc) is 2.40. The molecule has 7 heteroatoms. The van der Waals surface area contributed by atoms with Crippen LogP contribution in [0.5, 0.6) is 0 Å². The van der Waals surface area contributed by atoms with Crippen LogP contribution in [0.3, 0.4) is 0 Å². The molecule has 1 fully saturated rings. The van der Waals surface area contributed by atoms with Gasteiger partial charge in [0.05, 0.1) is 15.8 Å². The number of nitrogens with one attached hydrogen (secondary N) is 1. The molecule has 0 atom stereocenters. The van der Waals surface area contributed by atoms with E-state index in [1.165, 1.54) is 10.6 Å². The van der Waals surface area contributed by atoms with Gasteiger partial charge in [0, 0.05) is 25.2 Å². The van der Waals surface area contributed by atoms with Crippen LogP contribution >= 0.6 is 23.8 Å². The smallest absolute Gasteiger partial charge is 0.211 e. The van der Waals surface area contributed by atoms with Crippen molar-refractivity contribution in [3.8, 4) is 11.8 Å². The molecule has 1 aromatic rings. The van der Waals surface area contributed by atoms with Gasteiger partial charge in [0.1, 0.15) is 5.69 Å². The summed E-state index contributed by atoms with van der Waals surface area (Å²) in [6.45, 7) is 1.05. The van der Waals surface area contributed by atoms with Crippen molar-refractivity contribution in [2.24, 2.45) is 5.92 Å². The van der Waals surface area contributed by atoms with Gasteiger partial charge in [-0.25, -0.2) is 12.7 Å². The van der Waals surface area contributed by atoms with Gasteiger partial charge < -0.3 is 4.98 Å². The largest absolute Gasteiger partial charge is 0.354 e. The molecule has 4 nitrogen and oxygen atoms in total. The Morgan fingerprint density at radius 2 is 2.10 bits per heavy atom. The van der Waals surface area contributed by atoms with E-state index < -0.39 is 10.0 Å². The molecule has 108 valence electrons. The second-order valence-corrected chi connectivity index (χ2v) is 7.54. The third-order valence-electron chi connectivity index (χ3n) is 3.22. The maximum atomic E-state index is 11.4. The molecule has 1 aromatic heterocycles. The summed E-state index contributed by atoms with van der Waals surface area (Å²) in [6.07, 6.45) is 4.43. The van der Waals surface area contributed by atoms with Crippen LogP contribution in [0, 0.1) is 22.3 Å². The van der Waals surface area contributed by atoms with Crippen molar-refractivity contribution in [3.63, 3.8) is 0 Å². The Morgan fingerprint density at radius 1 is 1.45 bits per heavy atom. The number of rotatable bonds is 1. The highest BCUT2D eigenvalue weighted by molar-refractivity contribution is 7.88. The van der Waals surface area contributed by atoms with Crippen molar-refractivity contribution < 1.29 is 8.42 Å². The Bertz CT molecular complexity index is 708. The first-order chi connectivity index (χ1) is 9.38. The maximum absolute atomic E-state index is 11.4. The minimum atomic E-state index is -3.08. The molecule has 20 heavy (non-hydrogen) atoms. The second-order valence-electron chi connectivity index (χ2n) is 4.74. The molecule has 1 saturated heterocycles. The molecule has 0 saturated carbocycles. The summed E-state index contributed by atoms with van der Waals surface area (Å²) in [6, 6.07) is 1.72. The monoisotopic (exact) mass is 330 g/mol. The highest BCUT2D eigenvalue weighted by atomic mass is 35.5. The van der Waals surface area contributed by atoms with Crippen molar-refractivity contribution in [2.75, 3.05) is 19.3 Å². The highest BCUT2D eigenvalue weighted by Gasteiger charge is 2.23. The molecule has 0 spiro atoms. The summed E-state index contributed by atoms with van der Waals surface area (Å²) >= 11 is 11.1. The first-order valence-electron chi connectivity index (χ1n) is 6.22. The van der Waals surface area contributed by atoms with Crippen LogP contribution in [0.15, 0.2) is 12.3 Å². The van der Waals surface area contributed by atoms with Gasteiger partial charge in [0.25, 0.3) is 0 Å². The van der Waals surface area contributed by atoms with E-state index in [2.05, 4.69) is 16.8 Å². The van der Waals surface area contributed by atoms with Crippen molar-refractivity contribution in [3.05, 3.63) is 27.5 Å². The maximum Gasteiger partial charge on any atom is 0.211 e. The minimum absolute atomic E-state index is 0.186. The minimum Gasteiger partial charge on any atom is -0.354 e. The van der Waals surface area contributed by atoms with Gasteiger partial charge in [-0.3, -0.25) is 0 Å². The van der Waals surface area contributed by atoms with Crippen LogP contribution in [-0.4, -0.2) is 37.1 Å². The molecule has 0 amide bonds. The van der Waals surface area contributed by atoms with E-state index in [0.717, 1.165) is 12.8 Å². The lowest BCUT2D eigenvalue weighted by Gasteiger charge is -2.27. The number of aromatic amines is 1. The number of pyridine rings is 1. The number of sulfonamides is 1. The molecular weight excluding hydrogens is 316 g/mol. The van der Waals surface area contributed by atoms with Gasteiger partial charge in [-0.1, -0.05) is 29.7 Å². The van der Waals surface area contributed by atoms with Crippen LogP contribution in [0.2, 0.25) is 5.02 Å². The summed E-state index contributed by atoms with van der Waals surface area (Å²) in [5, 5.41) is 0.462. The van der Waals surface area contributed by atoms with E-state index in [-0.39, 0.29) is 5.92 Å². The molecular formula is C13H15ClN2O2S2. The standard InChI is InChI=1S/C13H15ClN2O2S2/c1-20(17,18)16-8-5-10(6-9-16)2-3-11-13(14)12(19)4-7-15-11/h4,7,10H,5-6,8-9H2,1H3,(H,15,19). The Balaban J connectivity index is 2.05. The molecule has 2 rings (SSSR count). The Morgan fingerprint density at radius 3 is 2.70 bits per heavy atom. The quantitative estimate of drug-likeness (QED) is 0.635. The zero-order valence-corrected chi connectivity index (χ0v) is 13.4. The average molecular weight is 331 g/mol. The third kappa shape index (κ3) is 3.83. The molecule has 0 unspecified atom stereocenters. The van der Waals surface area contributed by atoms with Gasteiger partial charge in [-0.2, -0.15) is 0 Å². The lowest BCUT2D eigenvalue weighted by atomic mass is 9.99. The molecule has 0 aromatic carbocycles. The van der Waals surface area contributed by atoms with Crippen molar-refractivity contribution >= 4 is 33.8 Å². The zero-order chi connectivity index (χ0) is 14.8. The summed E-state index contributed by atoms with van der Waals surface area (Å²) in [5.74, 6) is 6.34. The molecule has 2 heterocycles. The number of aromatic nitrogens is 1. The number of H-pyrrole nitrogens is 1. The summed E-state index contributed by atoms with van der Waals surface area (Å²) in [5.41, 5.74) is 0.615. The van der Waals surface area contributed by atoms with E-state index in [1.807, 2.05) is 0 Å². The van der Waals surface area contributed by atoms with Crippen LogP contribution in [0.25, 0.3) is 0 Å². The van der Waals surface area contributed by atoms with Gasteiger partial charge in [-0.05, 0) is 24.8 Å². The fourth-order valence-electron chi connectivity index (χ4n) is 2.06. The molecule has 1 aliphatic heterocycles. The van der Waals surface area contributed by atoms with Crippen LogP contribution < -0.4 is 0 Å². The Labute approximate surface area is 129 Å². The molecule has 0 radical (unpaired) electrons. The molecule has 1 aliphatic rings. The van der Waals surface area contributed by atoms with E-state index in [0.29, 0.717) is 28.3 Å². The predicted molar refractivity (Wildman–Crippen MR) is 82.7 cm³/mol. The summed E-state index contributed by atoms with van der Waals surface area (Å²) in [4.78, 5) is 2.97. The van der Waals surface area contributed by atoms with Crippen LogP contribution in [-0.2, 0) is 10.0 Å². The van der Waals surface area contributed by atoms with Crippen molar-refractivity contribution in [1.29, 1.82) is 0 Å². The zero-order valence-electron chi connectivity index (χ0n) is 11.0. The third-order valence-corrected chi connectivity index (χ3v) is 5.37. The fourth-order valence-corrected chi connectivity index (χ4v) is 3.27. The number of piperidine rings is 1. The summed E-state index contributed by atoms with van der Waals surface area (Å²) < 4.78 is 24.9. The van der Waals surface area contributed by atoms with Gasteiger partial charge in [0.2, 0.25) is 10.0 Å².